The van der Waals surface area contributed by atoms with Crippen LogP contribution in [-0.4, -0.2) is 34.9 Å². The minimum Gasteiger partial charge on any atom is -0.394 e. The SMILES string of the molecule is CCCCCCCCCC/C=C\CCCCCCCCCCCCCCCCCCCCCCCC(=O)NC(CO)C(O)/C=C/CC/C=C/CCCCCCCCCCCCCCCCCCC. The van der Waals surface area contributed by atoms with Crippen LogP contribution in [0.5, 0.6) is 0 Å². The number of hydrogen-bond donors (Lipinski definition) is 3. The first-order valence-electron chi connectivity index (χ1n) is 31.2. The summed E-state index contributed by atoms with van der Waals surface area (Å²) >= 11 is 0. The van der Waals surface area contributed by atoms with Crippen molar-refractivity contribution in [2.45, 2.75) is 360 Å². The number of allylic oxidation sites excluding steroid dienone is 5. The number of aliphatic hydroxyl groups excluding tert-OH is 2. The van der Waals surface area contributed by atoms with E-state index in [1.807, 2.05) is 6.08 Å². The summed E-state index contributed by atoms with van der Waals surface area (Å²) in [4.78, 5) is 12.5. The summed E-state index contributed by atoms with van der Waals surface area (Å²) in [6.07, 6.45) is 82.0. The van der Waals surface area contributed by atoms with Crippen LogP contribution in [-0.2, 0) is 4.79 Å². The molecule has 0 rings (SSSR count). The number of amides is 1. The van der Waals surface area contributed by atoms with Crippen molar-refractivity contribution in [2.75, 3.05) is 6.61 Å². The summed E-state index contributed by atoms with van der Waals surface area (Å²) in [6, 6.07) is -0.638. The Hall–Kier alpha value is -1.39. The first kappa shape index (κ1) is 66.6. The van der Waals surface area contributed by atoms with Gasteiger partial charge >= 0.3 is 0 Å². The van der Waals surface area contributed by atoms with Crippen LogP contribution in [0, 0.1) is 0 Å². The van der Waals surface area contributed by atoms with Crippen LogP contribution in [0.25, 0.3) is 0 Å². The first-order chi connectivity index (χ1) is 33.7. The largest absolute Gasteiger partial charge is 0.394 e. The number of hydrogen-bond acceptors (Lipinski definition) is 3. The lowest BCUT2D eigenvalue weighted by Gasteiger charge is -2.19. The smallest absolute Gasteiger partial charge is 0.220 e. The number of rotatable bonds is 58. The van der Waals surface area contributed by atoms with Gasteiger partial charge < -0.3 is 15.5 Å². The highest BCUT2D eigenvalue weighted by Crippen LogP contribution is 2.18. The molecule has 1 amide bonds. The van der Waals surface area contributed by atoms with E-state index in [4.69, 9.17) is 0 Å². The Labute approximate surface area is 427 Å². The maximum Gasteiger partial charge on any atom is 0.220 e. The molecule has 3 N–H and O–H groups in total. The number of nitrogens with one attached hydrogen (secondary N) is 1. The quantitative estimate of drug-likeness (QED) is 0.0420. The van der Waals surface area contributed by atoms with Gasteiger partial charge in [0.25, 0.3) is 0 Å². The van der Waals surface area contributed by atoms with Crippen molar-refractivity contribution in [2.24, 2.45) is 0 Å². The van der Waals surface area contributed by atoms with Gasteiger partial charge in [-0.1, -0.05) is 320 Å². The summed E-state index contributed by atoms with van der Waals surface area (Å²) in [5.74, 6) is -0.0668. The molecular weight excluding hydrogens is 831 g/mol. The van der Waals surface area contributed by atoms with Gasteiger partial charge in [-0.15, -0.1) is 0 Å². The van der Waals surface area contributed by atoms with Crippen molar-refractivity contribution < 1.29 is 15.0 Å². The standard InChI is InChI=1S/C64H123NO3/c1-3-5-7-9-11-13-15-17-19-21-23-25-27-28-29-30-31-32-33-34-35-36-38-40-42-44-46-48-50-52-54-56-58-60-64(68)65-62(61-66)63(67)59-57-55-53-51-49-47-45-43-41-39-37-26-24-22-20-18-16-14-12-10-8-6-4-2/h21,23,49,51,57,59,62-63,66-67H,3-20,22,24-48,50,52-56,58,60-61H2,1-2H3,(H,65,68)/b23-21-,51-49+,59-57+. The first-order valence-corrected chi connectivity index (χ1v) is 31.2. The normalized spacial score (nSPS) is 12.9. The van der Waals surface area contributed by atoms with E-state index in [9.17, 15) is 15.0 Å². The number of aliphatic hydroxyl groups is 2. The van der Waals surface area contributed by atoms with Crippen molar-refractivity contribution in [3.05, 3.63) is 36.5 Å². The van der Waals surface area contributed by atoms with Gasteiger partial charge in [-0.2, -0.15) is 0 Å². The third-order valence-corrected chi connectivity index (χ3v) is 14.6. The lowest BCUT2D eigenvalue weighted by molar-refractivity contribution is -0.123. The molecule has 0 aliphatic carbocycles. The zero-order valence-electron chi connectivity index (χ0n) is 46.4. The van der Waals surface area contributed by atoms with Gasteiger partial charge in [0.15, 0.2) is 0 Å². The minimum atomic E-state index is -0.861. The number of carbonyl (C=O) groups is 1. The van der Waals surface area contributed by atoms with E-state index in [1.54, 1.807) is 6.08 Å². The molecule has 68 heavy (non-hydrogen) atoms. The number of carbonyl (C=O) groups excluding carboxylic acids is 1. The third-order valence-electron chi connectivity index (χ3n) is 14.6. The highest BCUT2D eigenvalue weighted by atomic mass is 16.3. The molecule has 0 aliphatic rings. The maximum atomic E-state index is 12.5. The average molecular weight is 955 g/mol. The topological polar surface area (TPSA) is 69.6 Å². The molecule has 4 nitrogen and oxygen atoms in total. The molecule has 0 radical (unpaired) electrons. The fourth-order valence-electron chi connectivity index (χ4n) is 9.84. The van der Waals surface area contributed by atoms with E-state index >= 15 is 0 Å². The molecule has 0 aliphatic heterocycles. The van der Waals surface area contributed by atoms with Crippen molar-refractivity contribution >= 4 is 5.91 Å². The van der Waals surface area contributed by atoms with Crippen molar-refractivity contribution in [3.8, 4) is 0 Å². The molecule has 0 heterocycles. The molecule has 0 saturated heterocycles. The third kappa shape index (κ3) is 55.5. The Morgan fingerprint density at radius 1 is 0.338 bits per heavy atom. The van der Waals surface area contributed by atoms with Gasteiger partial charge in [0, 0.05) is 6.42 Å². The van der Waals surface area contributed by atoms with Crippen LogP contribution < -0.4 is 5.32 Å². The molecule has 0 bridgehead atoms. The second kappa shape index (κ2) is 59.9. The molecule has 0 spiro atoms. The van der Waals surface area contributed by atoms with Gasteiger partial charge in [-0.3, -0.25) is 4.79 Å². The fourth-order valence-corrected chi connectivity index (χ4v) is 9.84. The minimum absolute atomic E-state index is 0.0668. The molecular formula is C64H123NO3. The Kier molecular flexibility index (Phi) is 58.7. The summed E-state index contributed by atoms with van der Waals surface area (Å²) < 4.78 is 0. The van der Waals surface area contributed by atoms with Gasteiger partial charge in [0.05, 0.1) is 18.8 Å². The summed E-state index contributed by atoms with van der Waals surface area (Å²) in [5, 5.41) is 23.2. The van der Waals surface area contributed by atoms with Crippen molar-refractivity contribution in [3.63, 3.8) is 0 Å². The van der Waals surface area contributed by atoms with Crippen LogP contribution in [0.4, 0.5) is 0 Å². The Bertz CT molecular complexity index is 1040. The molecule has 2 atom stereocenters. The zero-order valence-corrected chi connectivity index (χ0v) is 46.4. The molecule has 402 valence electrons. The van der Waals surface area contributed by atoms with E-state index in [0.29, 0.717) is 6.42 Å². The van der Waals surface area contributed by atoms with E-state index in [0.717, 1.165) is 32.1 Å². The van der Waals surface area contributed by atoms with Crippen molar-refractivity contribution in [1.82, 2.24) is 5.32 Å². The summed E-state index contributed by atoms with van der Waals surface area (Å²) in [6.45, 7) is 4.34. The molecule has 0 aromatic rings. The van der Waals surface area contributed by atoms with E-state index in [1.165, 1.54) is 295 Å². The summed E-state index contributed by atoms with van der Waals surface area (Å²) in [5.41, 5.74) is 0. The zero-order chi connectivity index (χ0) is 49.2. The predicted octanol–water partition coefficient (Wildman–Crippen LogP) is 20.8. The van der Waals surface area contributed by atoms with Crippen LogP contribution in [0.2, 0.25) is 0 Å². The molecule has 0 fully saturated rings. The van der Waals surface area contributed by atoms with Gasteiger partial charge in [0.2, 0.25) is 5.91 Å². The predicted molar refractivity (Wildman–Crippen MR) is 304 cm³/mol. The van der Waals surface area contributed by atoms with E-state index < -0.39 is 12.1 Å². The van der Waals surface area contributed by atoms with Crippen molar-refractivity contribution in [1.29, 1.82) is 0 Å². The molecule has 0 aromatic carbocycles. The second-order valence-corrected chi connectivity index (χ2v) is 21.5. The van der Waals surface area contributed by atoms with Crippen LogP contribution in [0.15, 0.2) is 36.5 Å². The van der Waals surface area contributed by atoms with Crippen LogP contribution in [0.1, 0.15) is 348 Å². The summed E-state index contributed by atoms with van der Waals surface area (Å²) in [7, 11) is 0. The van der Waals surface area contributed by atoms with Crippen LogP contribution in [0.3, 0.4) is 0 Å². The highest BCUT2D eigenvalue weighted by Gasteiger charge is 2.18. The van der Waals surface area contributed by atoms with Gasteiger partial charge in [0.1, 0.15) is 0 Å². The Morgan fingerprint density at radius 3 is 0.853 bits per heavy atom. The fraction of sp³-hybridized carbons (Fsp3) is 0.891. The molecule has 2 unspecified atom stereocenters. The molecule has 0 aromatic heterocycles. The Balaban J connectivity index is 3.45. The lowest BCUT2D eigenvalue weighted by atomic mass is 10.0. The highest BCUT2D eigenvalue weighted by molar-refractivity contribution is 5.76. The second-order valence-electron chi connectivity index (χ2n) is 21.5. The average Bonchev–Trinajstić information content (AvgIpc) is 3.34. The lowest BCUT2D eigenvalue weighted by Crippen LogP contribution is -2.45. The van der Waals surface area contributed by atoms with E-state index in [2.05, 4.69) is 43.5 Å². The molecule has 4 heteroatoms. The van der Waals surface area contributed by atoms with Crippen LogP contribution >= 0.6 is 0 Å². The van der Waals surface area contributed by atoms with E-state index in [-0.39, 0.29) is 12.5 Å². The monoisotopic (exact) mass is 954 g/mol. The van der Waals surface area contributed by atoms with Gasteiger partial charge in [-0.25, -0.2) is 0 Å². The van der Waals surface area contributed by atoms with Gasteiger partial charge in [-0.05, 0) is 57.8 Å². The number of unbranched alkanes of at least 4 members (excludes halogenated alkanes) is 47. The Morgan fingerprint density at radius 2 is 0.574 bits per heavy atom. The molecule has 0 saturated carbocycles. The maximum absolute atomic E-state index is 12.5.